The van der Waals surface area contributed by atoms with Crippen molar-refractivity contribution in [2.45, 2.75) is 19.6 Å². The molecule has 1 aromatic heterocycles. The van der Waals surface area contributed by atoms with Gasteiger partial charge in [-0.2, -0.15) is 13.2 Å². The van der Waals surface area contributed by atoms with E-state index in [0.717, 1.165) is 24.0 Å². The summed E-state index contributed by atoms with van der Waals surface area (Å²) in [7, 11) is 0. The molecule has 0 saturated carbocycles. The maximum atomic E-state index is 13.1. The van der Waals surface area contributed by atoms with Crippen molar-refractivity contribution in [3.05, 3.63) is 59.9 Å². The Morgan fingerprint density at radius 2 is 1.80 bits per heavy atom. The molecule has 1 aromatic carbocycles. The summed E-state index contributed by atoms with van der Waals surface area (Å²) < 4.78 is 39.4. The minimum Gasteiger partial charge on any atom is -0.349 e. The molecule has 0 atom stereocenters. The van der Waals surface area contributed by atoms with E-state index in [1.165, 1.54) is 12.1 Å². The summed E-state index contributed by atoms with van der Waals surface area (Å²) in [6.07, 6.45) is -3.07. The number of halogens is 3. The molecular weight excluding hydrogens is 335 g/mol. The molecule has 0 fully saturated rings. The van der Waals surface area contributed by atoms with Crippen LogP contribution < -0.4 is 10.2 Å². The van der Waals surface area contributed by atoms with Crippen LogP contribution in [0.5, 0.6) is 0 Å². The lowest BCUT2D eigenvalue weighted by molar-refractivity contribution is -0.137. The number of aromatic nitrogens is 1. The highest BCUT2D eigenvalue weighted by Crippen LogP contribution is 2.36. The Bertz CT molecular complexity index is 748. The maximum Gasteiger partial charge on any atom is 0.418 e. The highest BCUT2D eigenvalue weighted by Gasteiger charge is 2.35. The third kappa shape index (κ3) is 5.03. The summed E-state index contributed by atoms with van der Waals surface area (Å²) in [6.45, 7) is 0.709. The van der Waals surface area contributed by atoms with Crippen molar-refractivity contribution >= 4 is 17.5 Å². The monoisotopic (exact) mass is 351 g/mol. The number of carbonyl (C=O) groups excluding carboxylic acids is 2. The molecule has 25 heavy (non-hydrogen) atoms. The number of benzene rings is 1. The quantitative estimate of drug-likeness (QED) is 0.901. The molecule has 1 heterocycles. The lowest BCUT2D eigenvalue weighted by Gasteiger charge is -2.24. The molecule has 0 bridgehead atoms. The van der Waals surface area contributed by atoms with Crippen molar-refractivity contribution in [3.63, 3.8) is 0 Å². The van der Waals surface area contributed by atoms with Crippen molar-refractivity contribution in [3.8, 4) is 0 Å². The third-order valence-electron chi connectivity index (χ3n) is 3.37. The van der Waals surface area contributed by atoms with Crippen LogP contribution in [-0.2, 0) is 22.3 Å². The van der Waals surface area contributed by atoms with Crippen molar-refractivity contribution in [1.82, 2.24) is 10.3 Å². The van der Waals surface area contributed by atoms with Gasteiger partial charge in [-0.25, -0.2) is 0 Å². The number of alkyl halides is 3. The van der Waals surface area contributed by atoms with E-state index in [9.17, 15) is 22.8 Å². The zero-order valence-corrected chi connectivity index (χ0v) is 13.4. The Labute approximate surface area is 142 Å². The summed E-state index contributed by atoms with van der Waals surface area (Å²) in [6, 6.07) is 9.81. The molecule has 0 aliphatic rings. The summed E-state index contributed by atoms with van der Waals surface area (Å²) in [5, 5.41) is 2.54. The van der Waals surface area contributed by atoms with Gasteiger partial charge in [0.2, 0.25) is 11.8 Å². The van der Waals surface area contributed by atoms with Crippen LogP contribution in [-0.4, -0.2) is 23.3 Å². The molecule has 2 amide bonds. The Morgan fingerprint density at radius 3 is 2.40 bits per heavy atom. The van der Waals surface area contributed by atoms with Gasteiger partial charge < -0.3 is 10.2 Å². The van der Waals surface area contributed by atoms with Crippen LogP contribution in [0.3, 0.4) is 0 Å². The molecule has 0 unspecified atom stereocenters. The summed E-state index contributed by atoms with van der Waals surface area (Å²) in [5.41, 5.74) is -0.723. The molecule has 0 aliphatic carbocycles. The normalized spacial score (nSPS) is 11.0. The van der Waals surface area contributed by atoms with Gasteiger partial charge in [-0.15, -0.1) is 0 Å². The second-order valence-electron chi connectivity index (χ2n) is 5.22. The van der Waals surface area contributed by atoms with Gasteiger partial charge in [-0.05, 0) is 24.3 Å². The first-order valence-electron chi connectivity index (χ1n) is 7.40. The SMILES string of the molecule is CC(=O)N(CC(=O)NCc1ccccn1)c1ccccc1C(F)(F)F. The molecule has 132 valence electrons. The minimum absolute atomic E-state index is 0.117. The largest absolute Gasteiger partial charge is 0.418 e. The van der Waals surface area contributed by atoms with Gasteiger partial charge in [0.05, 0.1) is 23.5 Å². The molecule has 0 saturated heterocycles. The lowest BCUT2D eigenvalue weighted by Crippen LogP contribution is -2.40. The van der Waals surface area contributed by atoms with E-state index in [-0.39, 0.29) is 12.2 Å². The smallest absolute Gasteiger partial charge is 0.349 e. The van der Waals surface area contributed by atoms with Crippen LogP contribution >= 0.6 is 0 Å². The average Bonchev–Trinajstić information content (AvgIpc) is 2.58. The standard InChI is InChI=1S/C17H16F3N3O2/c1-12(24)23(15-8-3-2-7-14(15)17(18,19)20)11-16(25)22-10-13-6-4-5-9-21-13/h2-9H,10-11H2,1H3,(H,22,25). The van der Waals surface area contributed by atoms with E-state index in [2.05, 4.69) is 10.3 Å². The Morgan fingerprint density at radius 1 is 1.12 bits per heavy atom. The van der Waals surface area contributed by atoms with Crippen molar-refractivity contribution in [1.29, 1.82) is 0 Å². The molecular formula is C17H16F3N3O2. The van der Waals surface area contributed by atoms with Gasteiger partial charge in [0.1, 0.15) is 6.54 Å². The van der Waals surface area contributed by atoms with Crippen LogP contribution in [0.1, 0.15) is 18.2 Å². The predicted octanol–water partition coefficient (Wildman–Crippen LogP) is 2.77. The van der Waals surface area contributed by atoms with Crippen LogP contribution in [0.25, 0.3) is 0 Å². The van der Waals surface area contributed by atoms with Crippen LogP contribution in [0, 0.1) is 0 Å². The highest BCUT2D eigenvalue weighted by atomic mass is 19.4. The number of anilines is 1. The molecule has 2 aromatic rings. The van der Waals surface area contributed by atoms with Gasteiger partial charge >= 0.3 is 6.18 Å². The number of hydrogen-bond acceptors (Lipinski definition) is 3. The lowest BCUT2D eigenvalue weighted by atomic mass is 10.1. The fourth-order valence-electron chi connectivity index (χ4n) is 2.21. The maximum absolute atomic E-state index is 13.1. The van der Waals surface area contributed by atoms with Gasteiger partial charge in [-0.1, -0.05) is 18.2 Å². The molecule has 0 aliphatic heterocycles. The Balaban J connectivity index is 2.14. The molecule has 1 N–H and O–H groups in total. The topological polar surface area (TPSA) is 62.3 Å². The van der Waals surface area contributed by atoms with E-state index in [4.69, 9.17) is 0 Å². The van der Waals surface area contributed by atoms with Crippen LogP contribution in [0.15, 0.2) is 48.7 Å². The van der Waals surface area contributed by atoms with Crippen molar-refractivity contribution < 1.29 is 22.8 Å². The van der Waals surface area contributed by atoms with E-state index in [1.54, 1.807) is 24.4 Å². The van der Waals surface area contributed by atoms with Crippen molar-refractivity contribution in [2.24, 2.45) is 0 Å². The third-order valence-corrected chi connectivity index (χ3v) is 3.37. The zero-order chi connectivity index (χ0) is 18.4. The molecule has 5 nitrogen and oxygen atoms in total. The zero-order valence-electron chi connectivity index (χ0n) is 13.4. The van der Waals surface area contributed by atoms with Crippen molar-refractivity contribution in [2.75, 3.05) is 11.4 Å². The first-order chi connectivity index (χ1) is 11.8. The number of nitrogens with one attached hydrogen (secondary N) is 1. The fraction of sp³-hybridized carbons (Fsp3) is 0.235. The average molecular weight is 351 g/mol. The van der Waals surface area contributed by atoms with Gasteiger partial charge in [0.15, 0.2) is 0 Å². The second kappa shape index (κ2) is 7.78. The summed E-state index contributed by atoms with van der Waals surface area (Å²) >= 11 is 0. The summed E-state index contributed by atoms with van der Waals surface area (Å²) in [4.78, 5) is 28.7. The van der Waals surface area contributed by atoms with E-state index < -0.39 is 30.1 Å². The molecule has 0 spiro atoms. The minimum atomic E-state index is -4.63. The summed E-state index contributed by atoms with van der Waals surface area (Å²) in [5.74, 6) is -1.25. The van der Waals surface area contributed by atoms with Gasteiger partial charge in [0.25, 0.3) is 0 Å². The van der Waals surface area contributed by atoms with Crippen LogP contribution in [0.2, 0.25) is 0 Å². The predicted molar refractivity (Wildman–Crippen MR) is 85.6 cm³/mol. The number of amides is 2. The molecule has 0 radical (unpaired) electrons. The Hall–Kier alpha value is -2.90. The molecule has 2 rings (SSSR count). The van der Waals surface area contributed by atoms with E-state index in [0.29, 0.717) is 5.69 Å². The van der Waals surface area contributed by atoms with Gasteiger partial charge in [0, 0.05) is 13.1 Å². The number of nitrogens with zero attached hydrogens (tertiary/aromatic N) is 2. The number of rotatable bonds is 5. The first-order valence-corrected chi connectivity index (χ1v) is 7.40. The highest BCUT2D eigenvalue weighted by molar-refractivity contribution is 5.98. The Kier molecular flexibility index (Phi) is 5.74. The number of pyridine rings is 1. The number of carbonyl (C=O) groups is 2. The molecule has 8 heteroatoms. The fourth-order valence-corrected chi connectivity index (χ4v) is 2.21. The number of hydrogen-bond donors (Lipinski definition) is 1. The van der Waals surface area contributed by atoms with Crippen LogP contribution in [0.4, 0.5) is 18.9 Å². The first kappa shape index (κ1) is 18.4. The second-order valence-corrected chi connectivity index (χ2v) is 5.22. The van der Waals surface area contributed by atoms with E-state index in [1.807, 2.05) is 0 Å². The van der Waals surface area contributed by atoms with E-state index >= 15 is 0 Å². The van der Waals surface area contributed by atoms with Gasteiger partial charge in [-0.3, -0.25) is 14.6 Å². The number of para-hydroxylation sites is 1.